The van der Waals surface area contributed by atoms with Crippen molar-refractivity contribution < 1.29 is 22.4 Å². The topological polar surface area (TPSA) is 86.8 Å². The molecular formula is C35H44FN3O4S. The number of hydrogen-bond donors (Lipinski definition) is 1. The first-order chi connectivity index (χ1) is 21.1. The number of benzene rings is 3. The fraction of sp³-hybridized carbons (Fsp3) is 0.429. The summed E-state index contributed by atoms with van der Waals surface area (Å²) in [4.78, 5) is 29.5. The van der Waals surface area contributed by atoms with E-state index in [1.165, 1.54) is 16.4 Å². The molecule has 44 heavy (non-hydrogen) atoms. The molecule has 1 aliphatic rings. The molecule has 0 saturated heterocycles. The molecule has 9 heteroatoms. The number of hydrogen-bond acceptors (Lipinski definition) is 4. The summed E-state index contributed by atoms with van der Waals surface area (Å²) in [5.74, 6) is -0.843. The molecule has 0 aliphatic heterocycles. The first-order valence-electron chi connectivity index (χ1n) is 15.6. The quantitative estimate of drug-likeness (QED) is 0.239. The Labute approximate surface area is 261 Å². The number of nitrogens with zero attached hydrogens (tertiary/aromatic N) is 2. The average Bonchev–Trinajstić information content (AvgIpc) is 3.02. The van der Waals surface area contributed by atoms with Gasteiger partial charge in [-0.1, -0.05) is 80.8 Å². The lowest BCUT2D eigenvalue weighted by Gasteiger charge is -2.34. The molecule has 4 rings (SSSR count). The number of sulfonamides is 1. The second-order valence-electron chi connectivity index (χ2n) is 11.7. The molecule has 1 fully saturated rings. The lowest BCUT2D eigenvalue weighted by Crippen LogP contribution is -2.52. The lowest BCUT2D eigenvalue weighted by molar-refractivity contribution is -0.141. The number of nitrogens with one attached hydrogen (secondary N) is 1. The van der Waals surface area contributed by atoms with E-state index in [1.807, 2.05) is 49.4 Å². The van der Waals surface area contributed by atoms with Crippen molar-refractivity contribution >= 4 is 27.5 Å². The molecule has 3 aromatic carbocycles. The second-order valence-corrected chi connectivity index (χ2v) is 13.6. The SMILES string of the molecule is CCc1ccc(N(CCCC(=O)N(Cc2ccc(F)cc2)[C@@H](Cc2ccccc2)C(=O)NC2CCCCC2)S(C)(=O)=O)cc1. The number of amides is 2. The fourth-order valence-corrected chi connectivity index (χ4v) is 6.75. The first-order valence-corrected chi connectivity index (χ1v) is 17.4. The minimum absolute atomic E-state index is 0.0439. The highest BCUT2D eigenvalue weighted by atomic mass is 32.2. The number of rotatable bonds is 14. The van der Waals surface area contributed by atoms with Crippen LogP contribution in [0.15, 0.2) is 78.9 Å². The number of carbonyl (C=O) groups is 2. The van der Waals surface area contributed by atoms with E-state index in [9.17, 15) is 22.4 Å². The Kier molecular flexibility index (Phi) is 11.9. The van der Waals surface area contributed by atoms with Gasteiger partial charge in [0, 0.05) is 32.0 Å². The van der Waals surface area contributed by atoms with Gasteiger partial charge in [-0.2, -0.15) is 0 Å². The molecule has 0 unspecified atom stereocenters. The molecule has 236 valence electrons. The minimum Gasteiger partial charge on any atom is -0.352 e. The number of carbonyl (C=O) groups excluding carboxylic acids is 2. The molecule has 0 spiro atoms. The van der Waals surface area contributed by atoms with Gasteiger partial charge in [0.15, 0.2) is 0 Å². The third-order valence-corrected chi connectivity index (χ3v) is 9.47. The lowest BCUT2D eigenvalue weighted by atomic mass is 9.94. The van der Waals surface area contributed by atoms with Crippen molar-refractivity contribution in [1.29, 1.82) is 0 Å². The summed E-state index contributed by atoms with van der Waals surface area (Å²) in [5.41, 5.74) is 3.28. The van der Waals surface area contributed by atoms with E-state index >= 15 is 0 Å². The minimum atomic E-state index is -3.59. The Morgan fingerprint density at radius 3 is 2.14 bits per heavy atom. The fourth-order valence-electron chi connectivity index (χ4n) is 5.79. The van der Waals surface area contributed by atoms with Crippen LogP contribution in [0.2, 0.25) is 0 Å². The molecule has 7 nitrogen and oxygen atoms in total. The van der Waals surface area contributed by atoms with Gasteiger partial charge in [-0.25, -0.2) is 12.8 Å². The number of halogens is 1. The molecular weight excluding hydrogens is 577 g/mol. The van der Waals surface area contributed by atoms with E-state index in [0.717, 1.165) is 55.9 Å². The molecule has 0 heterocycles. The first kappa shape index (κ1) is 33.2. The second kappa shape index (κ2) is 15.8. The van der Waals surface area contributed by atoms with Crippen LogP contribution in [0.3, 0.4) is 0 Å². The van der Waals surface area contributed by atoms with Gasteiger partial charge < -0.3 is 10.2 Å². The standard InChI is InChI=1S/C35H44FN3O4S/c1-3-27-18-22-32(23-19-27)39(44(2,42)43)24-10-15-34(40)38(26-29-16-20-30(36)21-17-29)33(25-28-11-6-4-7-12-28)35(41)37-31-13-8-5-9-14-31/h4,6-7,11-12,16-23,31,33H,3,5,8-10,13-15,24-26H2,1-2H3,(H,37,41)/t33-/m0/s1. The summed E-state index contributed by atoms with van der Waals surface area (Å²) in [6.45, 7) is 2.29. The van der Waals surface area contributed by atoms with Crippen LogP contribution in [0.25, 0.3) is 0 Å². The van der Waals surface area contributed by atoms with Crippen molar-refractivity contribution in [3.8, 4) is 0 Å². The smallest absolute Gasteiger partial charge is 0.243 e. The van der Waals surface area contributed by atoms with E-state index in [0.29, 0.717) is 17.7 Å². The van der Waals surface area contributed by atoms with Gasteiger partial charge in [-0.3, -0.25) is 13.9 Å². The normalized spacial score (nSPS) is 14.5. The molecule has 0 radical (unpaired) electrons. The predicted octanol–water partition coefficient (Wildman–Crippen LogP) is 6.02. The van der Waals surface area contributed by atoms with Gasteiger partial charge in [0.25, 0.3) is 0 Å². The molecule has 2 amide bonds. The van der Waals surface area contributed by atoms with E-state index in [-0.39, 0.29) is 49.6 Å². The highest BCUT2D eigenvalue weighted by Gasteiger charge is 2.32. The Morgan fingerprint density at radius 1 is 0.886 bits per heavy atom. The maximum absolute atomic E-state index is 14.0. The third-order valence-electron chi connectivity index (χ3n) is 8.27. The zero-order valence-electron chi connectivity index (χ0n) is 25.8. The van der Waals surface area contributed by atoms with Gasteiger partial charge in [0.2, 0.25) is 21.8 Å². The van der Waals surface area contributed by atoms with Gasteiger partial charge in [-0.05, 0) is 66.6 Å². The molecule has 0 aromatic heterocycles. The van der Waals surface area contributed by atoms with Crippen LogP contribution in [0.1, 0.15) is 68.6 Å². The van der Waals surface area contributed by atoms with Gasteiger partial charge >= 0.3 is 0 Å². The van der Waals surface area contributed by atoms with Gasteiger partial charge in [0.1, 0.15) is 11.9 Å². The maximum Gasteiger partial charge on any atom is 0.243 e. The maximum atomic E-state index is 14.0. The van der Waals surface area contributed by atoms with E-state index < -0.39 is 16.1 Å². The molecule has 1 atom stereocenters. The molecule has 0 bridgehead atoms. The average molecular weight is 622 g/mol. The van der Waals surface area contributed by atoms with Crippen molar-refractivity contribution in [2.75, 3.05) is 17.1 Å². The molecule has 3 aromatic rings. The monoisotopic (exact) mass is 621 g/mol. The summed E-state index contributed by atoms with van der Waals surface area (Å²) in [6.07, 6.45) is 7.74. The predicted molar refractivity (Wildman–Crippen MR) is 173 cm³/mol. The Morgan fingerprint density at radius 2 is 1.52 bits per heavy atom. The van der Waals surface area contributed by atoms with E-state index in [4.69, 9.17) is 0 Å². The Hall–Kier alpha value is -3.72. The summed E-state index contributed by atoms with van der Waals surface area (Å²) < 4.78 is 40.5. The van der Waals surface area contributed by atoms with Crippen LogP contribution < -0.4 is 9.62 Å². The van der Waals surface area contributed by atoms with Crippen molar-refractivity contribution in [2.24, 2.45) is 0 Å². The molecule has 1 aliphatic carbocycles. The Bertz CT molecular complexity index is 1460. The summed E-state index contributed by atoms with van der Waals surface area (Å²) in [7, 11) is -3.59. The van der Waals surface area contributed by atoms with Crippen LogP contribution in [0, 0.1) is 5.82 Å². The number of anilines is 1. The van der Waals surface area contributed by atoms with Crippen molar-refractivity contribution in [1.82, 2.24) is 10.2 Å². The highest BCUT2D eigenvalue weighted by Crippen LogP contribution is 2.22. The van der Waals surface area contributed by atoms with E-state index in [2.05, 4.69) is 5.32 Å². The van der Waals surface area contributed by atoms with Crippen molar-refractivity contribution in [2.45, 2.75) is 83.3 Å². The summed E-state index contributed by atoms with van der Waals surface area (Å²) >= 11 is 0. The third kappa shape index (κ3) is 9.64. The van der Waals surface area contributed by atoms with Crippen molar-refractivity contribution in [3.05, 3.63) is 101 Å². The summed E-state index contributed by atoms with van der Waals surface area (Å²) in [6, 6.07) is 22.2. The van der Waals surface area contributed by atoms with Gasteiger partial charge in [0.05, 0.1) is 11.9 Å². The largest absolute Gasteiger partial charge is 0.352 e. The van der Waals surface area contributed by atoms with Crippen LogP contribution >= 0.6 is 0 Å². The summed E-state index contributed by atoms with van der Waals surface area (Å²) in [5, 5.41) is 3.21. The van der Waals surface area contributed by atoms with Gasteiger partial charge in [-0.15, -0.1) is 0 Å². The van der Waals surface area contributed by atoms with Crippen molar-refractivity contribution in [3.63, 3.8) is 0 Å². The Balaban J connectivity index is 1.57. The zero-order valence-corrected chi connectivity index (χ0v) is 26.6. The zero-order chi connectivity index (χ0) is 31.5. The van der Waals surface area contributed by atoms with Crippen LogP contribution in [0.5, 0.6) is 0 Å². The molecule has 1 N–H and O–H groups in total. The number of aryl methyl sites for hydroxylation is 1. The van der Waals surface area contributed by atoms with Crippen LogP contribution in [-0.4, -0.2) is 50.0 Å². The van der Waals surface area contributed by atoms with E-state index in [1.54, 1.807) is 29.2 Å². The van der Waals surface area contributed by atoms with Crippen LogP contribution in [0.4, 0.5) is 10.1 Å². The molecule has 1 saturated carbocycles. The van der Waals surface area contributed by atoms with Crippen LogP contribution in [-0.2, 0) is 39.0 Å². The highest BCUT2D eigenvalue weighted by molar-refractivity contribution is 7.92.